The molecule has 6 heteroatoms. The van der Waals surface area contributed by atoms with Gasteiger partial charge in [0.15, 0.2) is 0 Å². The molecule has 2 atom stereocenters. The zero-order valence-corrected chi connectivity index (χ0v) is 12.5. The third-order valence-electron chi connectivity index (χ3n) is 2.90. The van der Waals surface area contributed by atoms with Crippen LogP contribution >= 0.6 is 15.9 Å². The zero-order chi connectivity index (χ0) is 14.4. The summed E-state index contributed by atoms with van der Waals surface area (Å²) in [5.41, 5.74) is 5.77. The average Bonchev–Trinajstić information content (AvgIpc) is 2.37. The number of benzene rings is 1. The summed E-state index contributed by atoms with van der Waals surface area (Å²) in [4.78, 5) is 23.1. The van der Waals surface area contributed by atoms with Gasteiger partial charge in [-0.1, -0.05) is 36.2 Å². The lowest BCUT2D eigenvalue weighted by atomic mass is 9.98. The van der Waals surface area contributed by atoms with Gasteiger partial charge in [0.2, 0.25) is 5.91 Å². The fourth-order valence-electron chi connectivity index (χ4n) is 1.61. The van der Waals surface area contributed by atoms with E-state index < -0.39 is 12.1 Å². The van der Waals surface area contributed by atoms with Gasteiger partial charge in [-0.3, -0.25) is 4.79 Å². The van der Waals surface area contributed by atoms with Crippen molar-refractivity contribution < 1.29 is 9.59 Å². The third kappa shape index (κ3) is 4.90. The van der Waals surface area contributed by atoms with Gasteiger partial charge >= 0.3 is 6.03 Å². The minimum atomic E-state index is -0.698. The molecule has 0 aliphatic carbocycles. The van der Waals surface area contributed by atoms with Gasteiger partial charge in [0.1, 0.15) is 6.04 Å². The summed E-state index contributed by atoms with van der Waals surface area (Å²) in [5.74, 6) is -0.265. The first-order chi connectivity index (χ1) is 8.93. The van der Waals surface area contributed by atoms with Crippen LogP contribution in [0.5, 0.6) is 0 Å². The molecule has 4 N–H and O–H groups in total. The molecule has 0 saturated carbocycles. The number of amides is 3. The standard InChI is InChI=1S/C13H18BrN3O2/c1-3-8(2)11(17-13(15)19)12(18)16-10-6-4-9(14)5-7-10/h4-8,11H,3H2,1-2H3,(H,16,18)(H3,15,17,19)/t8-,11-/m1/s1. The maximum Gasteiger partial charge on any atom is 0.312 e. The Morgan fingerprint density at radius 2 is 1.89 bits per heavy atom. The molecule has 5 nitrogen and oxygen atoms in total. The second-order valence-corrected chi connectivity index (χ2v) is 5.28. The Hall–Kier alpha value is -1.56. The Labute approximate surface area is 121 Å². The molecule has 0 aliphatic rings. The predicted molar refractivity (Wildman–Crippen MR) is 78.7 cm³/mol. The second-order valence-electron chi connectivity index (χ2n) is 4.37. The van der Waals surface area contributed by atoms with E-state index in [9.17, 15) is 9.59 Å². The molecule has 0 radical (unpaired) electrons. The number of hydrogen-bond donors (Lipinski definition) is 3. The summed E-state index contributed by atoms with van der Waals surface area (Å²) in [5, 5.41) is 5.24. The third-order valence-corrected chi connectivity index (χ3v) is 3.43. The first-order valence-corrected chi connectivity index (χ1v) is 6.85. The van der Waals surface area contributed by atoms with Gasteiger partial charge < -0.3 is 16.4 Å². The summed E-state index contributed by atoms with van der Waals surface area (Å²) in [7, 11) is 0. The molecule has 19 heavy (non-hydrogen) atoms. The Morgan fingerprint density at radius 3 is 2.37 bits per heavy atom. The molecule has 3 amide bonds. The quantitative estimate of drug-likeness (QED) is 0.776. The van der Waals surface area contributed by atoms with Crippen LogP contribution in [0.1, 0.15) is 20.3 Å². The van der Waals surface area contributed by atoms with Gasteiger partial charge in [0.05, 0.1) is 0 Å². The van der Waals surface area contributed by atoms with E-state index in [-0.39, 0.29) is 11.8 Å². The van der Waals surface area contributed by atoms with Crippen molar-refractivity contribution in [1.82, 2.24) is 5.32 Å². The van der Waals surface area contributed by atoms with Crippen LogP contribution in [0.3, 0.4) is 0 Å². The summed E-state index contributed by atoms with van der Waals surface area (Å²) in [6.45, 7) is 3.84. The van der Waals surface area contributed by atoms with Crippen molar-refractivity contribution in [3.63, 3.8) is 0 Å². The van der Waals surface area contributed by atoms with Crippen LogP contribution in [0.2, 0.25) is 0 Å². The van der Waals surface area contributed by atoms with E-state index in [0.717, 1.165) is 10.9 Å². The van der Waals surface area contributed by atoms with Gasteiger partial charge in [-0.2, -0.15) is 0 Å². The van der Waals surface area contributed by atoms with E-state index in [1.807, 2.05) is 26.0 Å². The van der Waals surface area contributed by atoms with Gasteiger partial charge in [-0.05, 0) is 30.2 Å². The number of hydrogen-bond acceptors (Lipinski definition) is 2. The SMILES string of the molecule is CC[C@@H](C)[C@@H](NC(N)=O)C(=O)Nc1ccc(Br)cc1. The van der Waals surface area contributed by atoms with Gasteiger partial charge in [0, 0.05) is 10.2 Å². The average molecular weight is 328 g/mol. The van der Waals surface area contributed by atoms with E-state index in [1.54, 1.807) is 12.1 Å². The molecular formula is C13H18BrN3O2. The number of nitrogens with one attached hydrogen (secondary N) is 2. The summed E-state index contributed by atoms with van der Waals surface area (Å²) in [6.07, 6.45) is 0.763. The highest BCUT2D eigenvalue weighted by Gasteiger charge is 2.25. The number of nitrogens with two attached hydrogens (primary N) is 1. The normalized spacial score (nSPS) is 13.4. The molecule has 1 aromatic rings. The van der Waals surface area contributed by atoms with Gasteiger partial charge in [0.25, 0.3) is 0 Å². The summed E-state index contributed by atoms with van der Waals surface area (Å²) < 4.78 is 0.930. The van der Waals surface area contributed by atoms with Crippen molar-refractivity contribution in [3.8, 4) is 0 Å². The Morgan fingerprint density at radius 1 is 1.32 bits per heavy atom. The number of carbonyl (C=O) groups excluding carboxylic acids is 2. The number of urea groups is 1. The van der Waals surface area contributed by atoms with E-state index in [1.165, 1.54) is 0 Å². The van der Waals surface area contributed by atoms with E-state index in [4.69, 9.17) is 5.73 Å². The molecule has 0 heterocycles. The maximum absolute atomic E-state index is 12.1. The van der Waals surface area contributed by atoms with Crippen LogP contribution in [0.25, 0.3) is 0 Å². The Kier molecular flexibility index (Phi) is 5.82. The molecule has 104 valence electrons. The predicted octanol–water partition coefficient (Wildman–Crippen LogP) is 2.47. The van der Waals surface area contributed by atoms with Crippen molar-refractivity contribution in [2.24, 2.45) is 11.7 Å². The second kappa shape index (κ2) is 7.13. The highest BCUT2D eigenvalue weighted by molar-refractivity contribution is 9.10. The van der Waals surface area contributed by atoms with Crippen molar-refractivity contribution in [3.05, 3.63) is 28.7 Å². The van der Waals surface area contributed by atoms with Crippen molar-refractivity contribution in [2.45, 2.75) is 26.3 Å². The minimum Gasteiger partial charge on any atom is -0.352 e. The lowest BCUT2D eigenvalue weighted by Crippen LogP contribution is -2.49. The van der Waals surface area contributed by atoms with E-state index in [2.05, 4.69) is 26.6 Å². The number of primary amides is 1. The highest BCUT2D eigenvalue weighted by Crippen LogP contribution is 2.16. The Balaban J connectivity index is 2.76. The van der Waals surface area contributed by atoms with Crippen molar-refractivity contribution in [2.75, 3.05) is 5.32 Å². The van der Waals surface area contributed by atoms with E-state index >= 15 is 0 Å². The van der Waals surface area contributed by atoms with Crippen LogP contribution in [-0.4, -0.2) is 18.0 Å². The molecule has 0 fully saturated rings. The fourth-order valence-corrected chi connectivity index (χ4v) is 1.87. The number of rotatable bonds is 5. The Bertz CT molecular complexity index is 448. The van der Waals surface area contributed by atoms with Crippen LogP contribution < -0.4 is 16.4 Å². The highest BCUT2D eigenvalue weighted by atomic mass is 79.9. The lowest BCUT2D eigenvalue weighted by molar-refractivity contribution is -0.119. The smallest absolute Gasteiger partial charge is 0.312 e. The summed E-state index contributed by atoms with van der Waals surface area (Å²) >= 11 is 3.32. The molecule has 0 unspecified atom stereocenters. The molecule has 0 aromatic heterocycles. The molecule has 0 bridgehead atoms. The fraction of sp³-hybridized carbons (Fsp3) is 0.385. The van der Waals surface area contributed by atoms with Crippen LogP contribution in [0.15, 0.2) is 28.7 Å². The van der Waals surface area contributed by atoms with Crippen LogP contribution in [-0.2, 0) is 4.79 Å². The van der Waals surface area contributed by atoms with Crippen molar-refractivity contribution in [1.29, 1.82) is 0 Å². The number of halogens is 1. The molecule has 1 aromatic carbocycles. The molecule has 1 rings (SSSR count). The zero-order valence-electron chi connectivity index (χ0n) is 10.9. The van der Waals surface area contributed by atoms with Crippen LogP contribution in [0, 0.1) is 5.92 Å². The van der Waals surface area contributed by atoms with Crippen LogP contribution in [0.4, 0.5) is 10.5 Å². The lowest BCUT2D eigenvalue weighted by Gasteiger charge is -2.22. The maximum atomic E-state index is 12.1. The first-order valence-electron chi connectivity index (χ1n) is 6.06. The molecule has 0 spiro atoms. The van der Waals surface area contributed by atoms with Crippen molar-refractivity contribution >= 4 is 33.6 Å². The number of carbonyl (C=O) groups is 2. The van der Waals surface area contributed by atoms with E-state index in [0.29, 0.717) is 5.69 Å². The number of anilines is 1. The monoisotopic (exact) mass is 327 g/mol. The molecular weight excluding hydrogens is 310 g/mol. The van der Waals surface area contributed by atoms with Gasteiger partial charge in [-0.25, -0.2) is 4.79 Å². The summed E-state index contributed by atoms with van der Waals surface area (Å²) in [6, 6.07) is 5.88. The first kappa shape index (κ1) is 15.5. The minimum absolute atomic E-state index is 0.00273. The van der Waals surface area contributed by atoms with Gasteiger partial charge in [-0.15, -0.1) is 0 Å². The largest absolute Gasteiger partial charge is 0.352 e. The topological polar surface area (TPSA) is 84.2 Å². The molecule has 0 saturated heterocycles. The molecule has 0 aliphatic heterocycles.